The Hall–Kier alpha value is -2.46. The molecule has 8 nitrogen and oxygen atoms in total. The molecule has 0 bridgehead atoms. The lowest BCUT2D eigenvalue weighted by Gasteiger charge is -2.31. The molecule has 2 saturated heterocycles. The maximum Gasteiger partial charge on any atom is 0.243 e. The highest BCUT2D eigenvalue weighted by Gasteiger charge is 2.28. The summed E-state index contributed by atoms with van der Waals surface area (Å²) < 4.78 is 38.6. The molecule has 1 amide bonds. The molecular weight excluding hydrogens is 454 g/mol. The van der Waals surface area contributed by atoms with E-state index in [0.29, 0.717) is 71.1 Å². The maximum absolute atomic E-state index is 13.2. The molecule has 2 aromatic carbocycles. The van der Waals surface area contributed by atoms with Gasteiger partial charge in [0.25, 0.3) is 0 Å². The summed E-state index contributed by atoms with van der Waals surface area (Å²) in [4.78, 5) is 15.2. The van der Waals surface area contributed by atoms with E-state index in [1.165, 1.54) is 9.87 Å². The van der Waals surface area contributed by atoms with Crippen LogP contribution in [-0.4, -0.2) is 71.2 Å². The van der Waals surface area contributed by atoms with Gasteiger partial charge in [-0.1, -0.05) is 31.2 Å². The summed E-state index contributed by atoms with van der Waals surface area (Å²) in [6.45, 7) is 6.08. The number of hydrogen-bond donors (Lipinski definition) is 1. The van der Waals surface area contributed by atoms with Crippen molar-refractivity contribution >= 4 is 27.3 Å². The molecule has 0 unspecified atom stereocenters. The molecule has 184 valence electrons. The molecule has 2 aromatic rings. The Morgan fingerprint density at radius 3 is 2.18 bits per heavy atom. The number of nitrogens with zero attached hydrogens (tertiary/aromatic N) is 2. The van der Waals surface area contributed by atoms with E-state index in [4.69, 9.17) is 9.47 Å². The summed E-state index contributed by atoms with van der Waals surface area (Å²) in [5.74, 6) is -0.144. The summed E-state index contributed by atoms with van der Waals surface area (Å²) in [5.41, 5.74) is 3.69. The lowest BCUT2D eigenvalue weighted by molar-refractivity contribution is -0.116. The molecule has 0 atom stereocenters. The van der Waals surface area contributed by atoms with Gasteiger partial charge >= 0.3 is 0 Å². The van der Waals surface area contributed by atoms with Crippen LogP contribution in [0.1, 0.15) is 24.5 Å². The van der Waals surface area contributed by atoms with Crippen LogP contribution in [0.3, 0.4) is 0 Å². The van der Waals surface area contributed by atoms with Crippen molar-refractivity contribution < 1.29 is 22.7 Å². The lowest BCUT2D eigenvalue weighted by Crippen LogP contribution is -2.40. The van der Waals surface area contributed by atoms with Gasteiger partial charge in [-0.25, -0.2) is 8.42 Å². The van der Waals surface area contributed by atoms with Crippen LogP contribution in [-0.2, 0) is 37.1 Å². The largest absolute Gasteiger partial charge is 0.379 e. The first-order chi connectivity index (χ1) is 16.5. The molecule has 0 spiro atoms. The summed E-state index contributed by atoms with van der Waals surface area (Å²) in [7, 11) is -3.67. The van der Waals surface area contributed by atoms with Crippen LogP contribution in [0, 0.1) is 0 Å². The number of ether oxygens (including phenoxy) is 2. The number of carbonyl (C=O) groups excluding carboxylic acids is 1. The molecule has 2 aliphatic heterocycles. The Kier molecular flexibility index (Phi) is 8.20. The molecular formula is C25H33N3O5S. The zero-order valence-electron chi connectivity index (χ0n) is 19.7. The van der Waals surface area contributed by atoms with Crippen molar-refractivity contribution in [3.8, 4) is 0 Å². The second-order valence-electron chi connectivity index (χ2n) is 8.51. The molecule has 2 aliphatic rings. The van der Waals surface area contributed by atoms with Crippen molar-refractivity contribution in [1.29, 1.82) is 0 Å². The summed E-state index contributed by atoms with van der Waals surface area (Å²) in [5, 5.41) is 2.99. The van der Waals surface area contributed by atoms with Gasteiger partial charge in [-0.2, -0.15) is 4.31 Å². The number of hydrogen-bond acceptors (Lipinski definition) is 6. The van der Waals surface area contributed by atoms with Gasteiger partial charge in [-0.05, 0) is 42.2 Å². The van der Waals surface area contributed by atoms with Crippen LogP contribution in [0.25, 0.3) is 0 Å². The van der Waals surface area contributed by atoms with E-state index in [2.05, 4.69) is 41.4 Å². The topological polar surface area (TPSA) is 88.2 Å². The quantitative estimate of drug-likeness (QED) is 0.616. The summed E-state index contributed by atoms with van der Waals surface area (Å²) >= 11 is 0. The van der Waals surface area contributed by atoms with Crippen LogP contribution in [0.2, 0.25) is 0 Å². The third kappa shape index (κ3) is 5.96. The second-order valence-corrected chi connectivity index (χ2v) is 10.5. The number of carbonyl (C=O) groups is 1. The lowest BCUT2D eigenvalue weighted by atomic mass is 10.1. The highest BCUT2D eigenvalue weighted by molar-refractivity contribution is 7.89. The number of aryl methyl sites for hydroxylation is 2. The van der Waals surface area contributed by atoms with Crippen LogP contribution < -0.4 is 10.2 Å². The monoisotopic (exact) mass is 487 g/mol. The van der Waals surface area contributed by atoms with Crippen molar-refractivity contribution in [3.05, 3.63) is 53.6 Å². The average Bonchev–Trinajstić information content (AvgIpc) is 2.89. The van der Waals surface area contributed by atoms with E-state index >= 15 is 0 Å². The van der Waals surface area contributed by atoms with Crippen molar-refractivity contribution in [2.45, 2.75) is 31.1 Å². The Bertz CT molecular complexity index is 1080. The number of benzene rings is 2. The van der Waals surface area contributed by atoms with Gasteiger partial charge in [0.05, 0.1) is 42.7 Å². The maximum atomic E-state index is 13.2. The highest BCUT2D eigenvalue weighted by atomic mass is 32.2. The molecule has 9 heteroatoms. The van der Waals surface area contributed by atoms with E-state index in [-0.39, 0.29) is 10.8 Å². The Morgan fingerprint density at radius 2 is 1.53 bits per heavy atom. The molecule has 34 heavy (non-hydrogen) atoms. The number of sulfonamides is 1. The minimum absolute atomic E-state index is 0.144. The predicted octanol–water partition coefficient (Wildman–Crippen LogP) is 2.68. The number of amides is 1. The van der Waals surface area contributed by atoms with Crippen molar-refractivity contribution in [1.82, 2.24) is 4.31 Å². The molecule has 4 rings (SSSR count). The molecule has 0 radical (unpaired) electrons. The van der Waals surface area contributed by atoms with Crippen LogP contribution in [0.5, 0.6) is 0 Å². The van der Waals surface area contributed by atoms with Gasteiger partial charge in [0, 0.05) is 32.6 Å². The van der Waals surface area contributed by atoms with Crippen LogP contribution in [0.15, 0.2) is 47.4 Å². The van der Waals surface area contributed by atoms with E-state index in [9.17, 15) is 13.2 Å². The third-order valence-electron chi connectivity index (χ3n) is 6.27. The van der Waals surface area contributed by atoms with Crippen LogP contribution >= 0.6 is 0 Å². The van der Waals surface area contributed by atoms with Gasteiger partial charge in [-0.3, -0.25) is 4.79 Å². The first-order valence-electron chi connectivity index (χ1n) is 11.9. The highest BCUT2D eigenvalue weighted by Crippen LogP contribution is 2.31. The SMILES string of the molecule is CCc1ccc(CCC(=O)Nc2cc(S(=O)(=O)N3CCOCC3)ccc2N2CCOCC2)cc1. The molecule has 0 aliphatic carbocycles. The fraction of sp³-hybridized carbons (Fsp3) is 0.480. The Morgan fingerprint density at radius 1 is 0.912 bits per heavy atom. The number of nitrogens with one attached hydrogen (secondary N) is 1. The zero-order chi connectivity index (χ0) is 24.0. The van der Waals surface area contributed by atoms with Crippen LogP contribution in [0.4, 0.5) is 11.4 Å². The van der Waals surface area contributed by atoms with Crippen molar-refractivity contribution in [3.63, 3.8) is 0 Å². The molecule has 2 heterocycles. The van der Waals surface area contributed by atoms with Gasteiger partial charge < -0.3 is 19.7 Å². The second kappa shape index (κ2) is 11.3. The smallest absolute Gasteiger partial charge is 0.243 e. The van der Waals surface area contributed by atoms with E-state index < -0.39 is 10.0 Å². The van der Waals surface area contributed by atoms with Gasteiger partial charge in [0.1, 0.15) is 0 Å². The average molecular weight is 488 g/mol. The van der Waals surface area contributed by atoms with Gasteiger partial charge in [-0.15, -0.1) is 0 Å². The fourth-order valence-corrected chi connectivity index (χ4v) is 5.64. The molecule has 0 saturated carbocycles. The molecule has 1 N–H and O–H groups in total. The summed E-state index contributed by atoms with van der Waals surface area (Å²) in [6.07, 6.45) is 1.91. The zero-order valence-corrected chi connectivity index (χ0v) is 20.5. The molecule has 0 aromatic heterocycles. The van der Waals surface area contributed by atoms with E-state index in [0.717, 1.165) is 17.7 Å². The van der Waals surface area contributed by atoms with Gasteiger partial charge in [0.2, 0.25) is 15.9 Å². The Labute approximate surface area is 201 Å². The first-order valence-corrected chi connectivity index (χ1v) is 13.3. The van der Waals surface area contributed by atoms with Crippen molar-refractivity contribution in [2.24, 2.45) is 0 Å². The standard InChI is InChI=1S/C25H33N3O5S/c1-2-20-3-5-21(6-4-20)7-10-25(29)26-23-19-22(34(30,31)28-13-17-33-18-14-28)8-9-24(23)27-11-15-32-16-12-27/h3-6,8-9,19H,2,7,10-18H2,1H3,(H,26,29). The summed E-state index contributed by atoms with van der Waals surface area (Å²) in [6, 6.07) is 13.3. The van der Waals surface area contributed by atoms with E-state index in [1.54, 1.807) is 18.2 Å². The number of anilines is 2. The minimum Gasteiger partial charge on any atom is -0.379 e. The Balaban J connectivity index is 1.53. The van der Waals surface area contributed by atoms with E-state index in [1.807, 2.05) is 0 Å². The minimum atomic E-state index is -3.67. The molecule has 2 fully saturated rings. The third-order valence-corrected chi connectivity index (χ3v) is 8.17. The predicted molar refractivity (Wildman–Crippen MR) is 132 cm³/mol. The number of morpholine rings is 2. The first kappa shape index (κ1) is 24.7. The van der Waals surface area contributed by atoms with Crippen molar-refractivity contribution in [2.75, 3.05) is 62.8 Å². The number of rotatable bonds is 8. The van der Waals surface area contributed by atoms with Gasteiger partial charge in [0.15, 0.2) is 0 Å². The fourth-order valence-electron chi connectivity index (χ4n) is 4.20. The normalized spacial score (nSPS) is 17.5.